The zero-order valence-corrected chi connectivity index (χ0v) is 18.6. The minimum atomic E-state index is -0.975. The lowest BCUT2D eigenvalue weighted by atomic mass is 9.53. The van der Waals surface area contributed by atoms with Gasteiger partial charge in [0, 0.05) is 12.1 Å². The molecule has 1 N–H and O–H groups in total. The number of para-hydroxylation sites is 1. The zero-order valence-electron chi connectivity index (χ0n) is 18.6. The topological polar surface area (TPSA) is 81.4 Å². The maximum absolute atomic E-state index is 12.7. The van der Waals surface area contributed by atoms with Crippen molar-refractivity contribution < 1.29 is 14.7 Å². The van der Waals surface area contributed by atoms with Gasteiger partial charge in [-0.1, -0.05) is 30.7 Å². The van der Waals surface area contributed by atoms with Gasteiger partial charge >= 0.3 is 6.09 Å². The molecule has 0 spiro atoms. The molecule has 5 heteroatoms. The molecule has 0 saturated heterocycles. The number of hydrogen-bond acceptors (Lipinski definition) is 3. The van der Waals surface area contributed by atoms with Gasteiger partial charge in [-0.15, -0.1) is 0 Å². The number of allylic oxidation sites excluding steroid dienone is 4. The number of nitriles is 1. The van der Waals surface area contributed by atoms with Crippen LogP contribution < -0.4 is 4.90 Å². The van der Waals surface area contributed by atoms with Crippen LogP contribution in [0.2, 0.25) is 0 Å². The van der Waals surface area contributed by atoms with E-state index in [9.17, 15) is 20.0 Å². The van der Waals surface area contributed by atoms with E-state index in [0.29, 0.717) is 30.4 Å². The predicted molar refractivity (Wildman–Crippen MR) is 122 cm³/mol. The summed E-state index contributed by atoms with van der Waals surface area (Å²) in [5.74, 6) is 1.04. The van der Waals surface area contributed by atoms with E-state index in [-0.39, 0.29) is 17.6 Å². The van der Waals surface area contributed by atoms with E-state index >= 15 is 0 Å². The van der Waals surface area contributed by atoms with Crippen molar-refractivity contribution in [2.75, 3.05) is 4.90 Å². The molecule has 2 saturated carbocycles. The molecule has 1 amide bonds. The van der Waals surface area contributed by atoms with Crippen LogP contribution >= 0.6 is 0 Å². The van der Waals surface area contributed by atoms with E-state index in [2.05, 4.69) is 13.0 Å². The summed E-state index contributed by atoms with van der Waals surface area (Å²) in [6.07, 6.45) is 8.00. The fourth-order valence-electron chi connectivity index (χ4n) is 7.63. The van der Waals surface area contributed by atoms with Crippen molar-refractivity contribution in [1.29, 1.82) is 5.26 Å². The van der Waals surface area contributed by atoms with Gasteiger partial charge in [0.2, 0.25) is 0 Å². The molecule has 1 aromatic rings. The molecule has 166 valence electrons. The molecular weight excluding hydrogens is 400 g/mol. The second kappa shape index (κ2) is 7.62. The molecule has 32 heavy (non-hydrogen) atoms. The van der Waals surface area contributed by atoms with E-state index < -0.39 is 11.6 Å². The number of hydrogen-bond donors (Lipinski definition) is 1. The molecule has 4 atom stereocenters. The first kappa shape index (κ1) is 21.0. The van der Waals surface area contributed by atoms with Gasteiger partial charge in [-0.2, -0.15) is 5.26 Å². The SMILES string of the molecule is C[C@]12CCC3=C4CCC(=O)C=C4CCC3C1CC[C@]2(CC#N)N(C(=O)O)c1ccccc1. The maximum Gasteiger partial charge on any atom is 0.412 e. The number of fused-ring (bicyclic) bond motifs is 4. The molecule has 0 heterocycles. The van der Waals surface area contributed by atoms with Crippen molar-refractivity contribution >= 4 is 17.6 Å². The second-order valence-electron chi connectivity index (χ2n) is 10.2. The Balaban J connectivity index is 1.59. The Kier molecular flexibility index (Phi) is 5.00. The van der Waals surface area contributed by atoms with Gasteiger partial charge < -0.3 is 5.11 Å². The highest BCUT2D eigenvalue weighted by molar-refractivity contribution is 5.93. The van der Waals surface area contributed by atoms with Crippen LogP contribution in [0.1, 0.15) is 64.7 Å². The normalized spacial score (nSPS) is 33.5. The van der Waals surface area contributed by atoms with E-state index in [0.717, 1.165) is 38.5 Å². The van der Waals surface area contributed by atoms with Crippen LogP contribution in [0.4, 0.5) is 10.5 Å². The molecule has 0 aromatic heterocycles. The molecular formula is C27H30N2O3. The summed E-state index contributed by atoms with van der Waals surface area (Å²) in [5, 5.41) is 20.2. The van der Waals surface area contributed by atoms with Gasteiger partial charge in [-0.25, -0.2) is 4.79 Å². The number of ketones is 1. The highest BCUT2D eigenvalue weighted by atomic mass is 16.4. The number of benzene rings is 1. The zero-order chi connectivity index (χ0) is 22.5. The van der Waals surface area contributed by atoms with E-state index in [1.165, 1.54) is 21.6 Å². The lowest BCUT2D eigenvalue weighted by Gasteiger charge is -2.56. The summed E-state index contributed by atoms with van der Waals surface area (Å²) in [7, 11) is 0. The van der Waals surface area contributed by atoms with Gasteiger partial charge in [-0.05, 0) is 91.6 Å². The first-order valence-electron chi connectivity index (χ1n) is 11.8. The smallest absolute Gasteiger partial charge is 0.412 e. The van der Waals surface area contributed by atoms with Gasteiger partial charge in [0.05, 0.1) is 18.0 Å². The van der Waals surface area contributed by atoms with Crippen molar-refractivity contribution in [1.82, 2.24) is 0 Å². The van der Waals surface area contributed by atoms with Crippen LogP contribution in [-0.4, -0.2) is 22.5 Å². The van der Waals surface area contributed by atoms with Crippen LogP contribution in [0.15, 0.2) is 53.1 Å². The molecule has 1 aromatic carbocycles. The summed E-state index contributed by atoms with van der Waals surface area (Å²) in [6, 6.07) is 11.7. The van der Waals surface area contributed by atoms with Gasteiger partial charge in [-0.3, -0.25) is 9.69 Å². The van der Waals surface area contributed by atoms with E-state index in [1.54, 1.807) is 0 Å². The number of anilines is 1. The Hall–Kier alpha value is -2.87. The minimum absolute atomic E-state index is 0.208. The number of carbonyl (C=O) groups excluding carboxylic acids is 1. The van der Waals surface area contributed by atoms with Crippen molar-refractivity contribution in [2.45, 2.75) is 70.3 Å². The number of amides is 1. The largest absolute Gasteiger partial charge is 0.465 e. The third-order valence-electron chi connectivity index (χ3n) is 9.06. The second-order valence-corrected chi connectivity index (χ2v) is 10.2. The van der Waals surface area contributed by atoms with Gasteiger partial charge in [0.25, 0.3) is 0 Å². The summed E-state index contributed by atoms with van der Waals surface area (Å²) in [5.41, 5.74) is 3.84. The number of nitrogens with zero attached hydrogens (tertiary/aromatic N) is 2. The highest BCUT2D eigenvalue weighted by Crippen LogP contribution is 2.66. The summed E-state index contributed by atoms with van der Waals surface area (Å²) in [6.45, 7) is 2.25. The quantitative estimate of drug-likeness (QED) is 0.635. The van der Waals surface area contributed by atoms with E-state index in [1.807, 2.05) is 36.4 Å². The predicted octanol–water partition coefficient (Wildman–Crippen LogP) is 6.03. The fraction of sp³-hybridized carbons (Fsp3) is 0.519. The average Bonchev–Trinajstić information content (AvgIpc) is 3.07. The average molecular weight is 431 g/mol. The standard InChI is InChI=1S/C27H30N2O3/c1-26-13-11-22-21-10-8-20(30)17-18(21)7-9-23(22)24(26)12-14-27(26,15-16-28)29(25(31)32)19-5-3-2-4-6-19/h2-6,17,23-24H,7-15H2,1H3,(H,31,32)/t23?,24?,26-,27+/m0/s1. The number of carbonyl (C=O) groups is 2. The highest BCUT2D eigenvalue weighted by Gasteiger charge is 2.64. The van der Waals surface area contributed by atoms with Crippen LogP contribution in [0.25, 0.3) is 0 Å². The monoisotopic (exact) mass is 430 g/mol. The molecule has 0 radical (unpaired) electrons. The Labute approximate surface area is 189 Å². The first-order valence-corrected chi connectivity index (χ1v) is 11.8. The Morgan fingerprint density at radius 1 is 1.16 bits per heavy atom. The molecule has 4 aliphatic carbocycles. The van der Waals surface area contributed by atoms with Crippen molar-refractivity contribution in [2.24, 2.45) is 17.3 Å². The first-order chi connectivity index (χ1) is 15.4. The molecule has 5 nitrogen and oxygen atoms in total. The molecule has 5 rings (SSSR count). The van der Waals surface area contributed by atoms with Crippen LogP contribution in [0.5, 0.6) is 0 Å². The van der Waals surface area contributed by atoms with Crippen LogP contribution in [0, 0.1) is 28.6 Å². The summed E-state index contributed by atoms with van der Waals surface area (Å²) in [4.78, 5) is 26.1. The third kappa shape index (κ3) is 2.88. The van der Waals surface area contributed by atoms with Gasteiger partial charge in [0.1, 0.15) is 0 Å². The van der Waals surface area contributed by atoms with Crippen LogP contribution in [0.3, 0.4) is 0 Å². The van der Waals surface area contributed by atoms with Crippen molar-refractivity contribution in [3.8, 4) is 6.07 Å². The van der Waals surface area contributed by atoms with Crippen molar-refractivity contribution in [3.05, 3.63) is 53.1 Å². The number of rotatable bonds is 3. The third-order valence-corrected chi connectivity index (χ3v) is 9.06. The molecule has 0 bridgehead atoms. The Morgan fingerprint density at radius 2 is 1.94 bits per heavy atom. The van der Waals surface area contributed by atoms with Gasteiger partial charge in [0.15, 0.2) is 5.78 Å². The Bertz CT molecular complexity index is 1070. The minimum Gasteiger partial charge on any atom is -0.465 e. The molecule has 4 aliphatic rings. The van der Waals surface area contributed by atoms with E-state index in [4.69, 9.17) is 0 Å². The molecule has 0 aliphatic heterocycles. The summed E-state index contributed by atoms with van der Waals surface area (Å²) < 4.78 is 0. The van der Waals surface area contributed by atoms with Crippen LogP contribution in [-0.2, 0) is 4.79 Å². The lowest BCUT2D eigenvalue weighted by molar-refractivity contribution is -0.114. The Morgan fingerprint density at radius 3 is 2.66 bits per heavy atom. The maximum atomic E-state index is 12.7. The molecule has 2 unspecified atom stereocenters. The fourth-order valence-corrected chi connectivity index (χ4v) is 7.63. The summed E-state index contributed by atoms with van der Waals surface area (Å²) >= 11 is 0. The van der Waals surface area contributed by atoms with Crippen molar-refractivity contribution in [3.63, 3.8) is 0 Å². The lowest BCUT2D eigenvalue weighted by Crippen LogP contribution is -2.61. The number of carboxylic acid groups (broad SMARTS) is 1. The molecule has 2 fully saturated rings.